The number of hydrogen-bond donors (Lipinski definition) is 3. The average Bonchev–Trinajstić information content (AvgIpc) is 3.28. The number of rotatable bonds is 45. The summed E-state index contributed by atoms with van der Waals surface area (Å²) in [6.45, 7) is 6.22. The van der Waals surface area contributed by atoms with E-state index in [9.17, 15) is 19.8 Å². The average molecular weight is 876 g/mol. The lowest BCUT2D eigenvalue weighted by molar-refractivity contribution is -0.151. The molecule has 0 aliphatic heterocycles. The van der Waals surface area contributed by atoms with Gasteiger partial charge in [0.1, 0.15) is 6.10 Å². The number of aliphatic hydroxyl groups is 2. The Hall–Kier alpha value is -3.22. The molecule has 0 aromatic carbocycles. The van der Waals surface area contributed by atoms with E-state index in [1.54, 1.807) is 0 Å². The van der Waals surface area contributed by atoms with Crippen LogP contribution in [0.3, 0.4) is 0 Å². The highest BCUT2D eigenvalue weighted by Crippen LogP contribution is 2.17. The molecular weight excluding hydrogens is 779 g/mol. The van der Waals surface area contributed by atoms with Gasteiger partial charge in [0.15, 0.2) is 0 Å². The zero-order valence-corrected chi connectivity index (χ0v) is 40.9. The largest absolute Gasteiger partial charge is 0.462 e. The molecule has 0 radical (unpaired) electrons. The molecule has 3 atom stereocenters. The van der Waals surface area contributed by atoms with Gasteiger partial charge in [0.05, 0.1) is 25.2 Å². The second-order valence-electron chi connectivity index (χ2n) is 17.2. The van der Waals surface area contributed by atoms with Crippen LogP contribution in [-0.2, 0) is 14.3 Å². The molecule has 0 aromatic rings. The monoisotopic (exact) mass is 876 g/mol. The zero-order chi connectivity index (χ0) is 45.9. The van der Waals surface area contributed by atoms with Crippen molar-refractivity contribution in [3.05, 3.63) is 97.2 Å². The van der Waals surface area contributed by atoms with Gasteiger partial charge in [-0.3, -0.25) is 9.59 Å². The number of carbonyl (C=O) groups excluding carboxylic acids is 2. The van der Waals surface area contributed by atoms with Crippen LogP contribution in [0.2, 0.25) is 0 Å². The fraction of sp³-hybridized carbons (Fsp3) is 0.684. The molecule has 63 heavy (non-hydrogen) atoms. The summed E-state index contributed by atoms with van der Waals surface area (Å²) in [4.78, 5) is 26.2. The van der Waals surface area contributed by atoms with Gasteiger partial charge in [-0.1, -0.05) is 221 Å². The third kappa shape index (κ3) is 45.2. The summed E-state index contributed by atoms with van der Waals surface area (Å²) in [5, 5.41) is 23.7. The van der Waals surface area contributed by atoms with Crippen LogP contribution in [0.15, 0.2) is 97.2 Å². The third-order valence-electron chi connectivity index (χ3n) is 11.2. The van der Waals surface area contributed by atoms with Crippen molar-refractivity contribution in [1.82, 2.24) is 5.32 Å². The number of aliphatic hydroxyl groups excluding tert-OH is 2. The summed E-state index contributed by atoms with van der Waals surface area (Å²) < 4.78 is 5.91. The Morgan fingerprint density at radius 3 is 1.48 bits per heavy atom. The molecule has 3 unspecified atom stereocenters. The van der Waals surface area contributed by atoms with Crippen molar-refractivity contribution in [2.75, 3.05) is 6.61 Å². The predicted octanol–water partition coefficient (Wildman–Crippen LogP) is 15.7. The van der Waals surface area contributed by atoms with Crippen LogP contribution in [0.25, 0.3) is 0 Å². The van der Waals surface area contributed by atoms with Crippen molar-refractivity contribution in [1.29, 1.82) is 0 Å². The second kappa shape index (κ2) is 49.8. The summed E-state index contributed by atoms with van der Waals surface area (Å²) in [5.41, 5.74) is 0. The van der Waals surface area contributed by atoms with Gasteiger partial charge in [0.2, 0.25) is 5.91 Å². The molecule has 1 amide bonds. The van der Waals surface area contributed by atoms with Crippen molar-refractivity contribution in [2.45, 2.75) is 244 Å². The molecule has 0 fully saturated rings. The molecule has 0 saturated carbocycles. The molecule has 0 bridgehead atoms. The van der Waals surface area contributed by atoms with Crippen molar-refractivity contribution in [3.63, 3.8) is 0 Å². The molecule has 0 rings (SSSR count). The molecule has 0 aromatic heterocycles. The summed E-state index contributed by atoms with van der Waals surface area (Å²) in [6.07, 6.45) is 66.1. The Bertz CT molecular complexity index is 1260. The number of ether oxygens (including phenoxy) is 1. The first-order valence-electron chi connectivity index (χ1n) is 26.0. The first kappa shape index (κ1) is 59.8. The summed E-state index contributed by atoms with van der Waals surface area (Å²) >= 11 is 0. The molecule has 0 heterocycles. The molecule has 0 aliphatic rings. The minimum absolute atomic E-state index is 0.0450. The molecule has 0 spiro atoms. The Labute approximate surface area is 388 Å². The second-order valence-corrected chi connectivity index (χ2v) is 17.2. The first-order chi connectivity index (χ1) is 31.0. The van der Waals surface area contributed by atoms with Crippen LogP contribution in [0.4, 0.5) is 0 Å². The van der Waals surface area contributed by atoms with E-state index in [2.05, 4.69) is 123 Å². The van der Waals surface area contributed by atoms with Crippen molar-refractivity contribution < 1.29 is 24.5 Å². The highest BCUT2D eigenvalue weighted by Gasteiger charge is 2.24. The number of allylic oxidation sites excluding steroid dienone is 16. The molecule has 3 N–H and O–H groups in total. The Morgan fingerprint density at radius 1 is 0.492 bits per heavy atom. The van der Waals surface area contributed by atoms with Crippen LogP contribution >= 0.6 is 0 Å². The maximum absolute atomic E-state index is 13.2. The quantitative estimate of drug-likeness (QED) is 0.0245. The lowest BCUT2D eigenvalue weighted by atomic mass is 10.0. The predicted molar refractivity (Wildman–Crippen MR) is 273 cm³/mol. The number of esters is 1. The van der Waals surface area contributed by atoms with E-state index in [0.717, 1.165) is 122 Å². The molecule has 360 valence electrons. The van der Waals surface area contributed by atoms with E-state index in [4.69, 9.17) is 4.74 Å². The van der Waals surface area contributed by atoms with Crippen molar-refractivity contribution >= 4 is 11.9 Å². The fourth-order valence-electron chi connectivity index (χ4n) is 7.34. The molecule has 0 saturated heterocycles. The topological polar surface area (TPSA) is 95.9 Å². The normalized spacial score (nSPS) is 14.0. The van der Waals surface area contributed by atoms with Crippen LogP contribution in [0, 0.1) is 0 Å². The van der Waals surface area contributed by atoms with Crippen LogP contribution in [-0.4, -0.2) is 46.9 Å². The van der Waals surface area contributed by atoms with Gasteiger partial charge in [-0.15, -0.1) is 0 Å². The standard InChI is InChI=1S/C57H97NO5/c1-4-7-10-13-16-19-22-25-26-27-28-29-30-32-35-38-41-44-47-50-57(62)63-53(48-45-42-39-36-33-31-23-20-17-14-11-8-5-2)51-56(61)58-54(52-59)55(60)49-46-43-40-37-34-24-21-18-15-12-9-6-3/h7-8,10-11,14,16-17,19-20,23,25-26,28-29,32,35,53-55,59-60H,4-6,9,12-13,15,18,21-22,24,27,30-31,33-34,36-52H2,1-3H3,(H,58,61)/b10-7-,11-8+,17-14+,19-16-,23-20+,26-25-,29-28-,35-32-. The maximum atomic E-state index is 13.2. The van der Waals surface area contributed by atoms with E-state index >= 15 is 0 Å². The van der Waals surface area contributed by atoms with E-state index in [1.807, 2.05) is 0 Å². The maximum Gasteiger partial charge on any atom is 0.306 e. The van der Waals surface area contributed by atoms with E-state index in [-0.39, 0.29) is 24.9 Å². The highest BCUT2D eigenvalue weighted by molar-refractivity contribution is 5.77. The van der Waals surface area contributed by atoms with Gasteiger partial charge in [-0.05, 0) is 89.9 Å². The van der Waals surface area contributed by atoms with Crippen LogP contribution in [0.5, 0.6) is 0 Å². The highest BCUT2D eigenvalue weighted by atomic mass is 16.5. The number of carbonyl (C=O) groups is 2. The van der Waals surface area contributed by atoms with Gasteiger partial charge in [0, 0.05) is 6.42 Å². The summed E-state index contributed by atoms with van der Waals surface area (Å²) in [7, 11) is 0. The number of hydrogen-bond acceptors (Lipinski definition) is 5. The van der Waals surface area contributed by atoms with Gasteiger partial charge in [-0.2, -0.15) is 0 Å². The van der Waals surface area contributed by atoms with E-state index in [1.165, 1.54) is 57.8 Å². The molecule has 6 nitrogen and oxygen atoms in total. The van der Waals surface area contributed by atoms with Gasteiger partial charge >= 0.3 is 5.97 Å². The van der Waals surface area contributed by atoms with Gasteiger partial charge in [-0.25, -0.2) is 0 Å². The fourth-order valence-corrected chi connectivity index (χ4v) is 7.34. The first-order valence-corrected chi connectivity index (χ1v) is 26.0. The Balaban J connectivity index is 4.66. The van der Waals surface area contributed by atoms with E-state index < -0.39 is 18.2 Å². The van der Waals surface area contributed by atoms with Gasteiger partial charge in [0.25, 0.3) is 0 Å². The molecular formula is C57H97NO5. The minimum Gasteiger partial charge on any atom is -0.462 e. The Kier molecular flexibility index (Phi) is 47.2. The summed E-state index contributed by atoms with van der Waals surface area (Å²) in [6, 6.07) is -0.720. The van der Waals surface area contributed by atoms with Gasteiger partial charge < -0.3 is 20.3 Å². The van der Waals surface area contributed by atoms with E-state index in [0.29, 0.717) is 19.3 Å². The SMILES string of the molecule is CC/C=C\C/C=C\C/C=C\C/C=C\C/C=C\CCCCCC(=O)OC(CCCCCCC/C=C/C=C/C=C/CC)CC(=O)NC(CO)C(O)CCCCCCCCCCCCCC. The lowest BCUT2D eigenvalue weighted by Crippen LogP contribution is -2.46. The third-order valence-corrected chi connectivity index (χ3v) is 11.2. The van der Waals surface area contributed by atoms with Crippen molar-refractivity contribution in [3.8, 4) is 0 Å². The smallest absolute Gasteiger partial charge is 0.306 e. The van der Waals surface area contributed by atoms with Crippen LogP contribution < -0.4 is 5.32 Å². The zero-order valence-electron chi connectivity index (χ0n) is 40.9. The minimum atomic E-state index is -0.804. The lowest BCUT2D eigenvalue weighted by Gasteiger charge is -2.24. The van der Waals surface area contributed by atoms with Crippen molar-refractivity contribution in [2.24, 2.45) is 0 Å². The number of nitrogens with one attached hydrogen (secondary N) is 1. The summed E-state index contributed by atoms with van der Waals surface area (Å²) in [5.74, 6) is -0.539. The molecule has 6 heteroatoms. The van der Waals surface area contributed by atoms with Crippen LogP contribution in [0.1, 0.15) is 226 Å². The Morgan fingerprint density at radius 2 is 0.937 bits per heavy atom. The number of amides is 1. The number of unbranched alkanes of at least 4 members (excludes halogenated alkanes) is 19. The molecule has 0 aliphatic carbocycles.